The van der Waals surface area contributed by atoms with Gasteiger partial charge in [-0.15, -0.1) is 0 Å². The van der Waals surface area contributed by atoms with Gasteiger partial charge in [-0.2, -0.15) is 0 Å². The van der Waals surface area contributed by atoms with Gasteiger partial charge in [0.2, 0.25) is 0 Å². The first-order chi connectivity index (χ1) is 9.65. The first kappa shape index (κ1) is 17.5. The van der Waals surface area contributed by atoms with Crippen molar-refractivity contribution in [2.75, 3.05) is 6.61 Å². The molecule has 0 saturated carbocycles. The highest BCUT2D eigenvalue weighted by Crippen LogP contribution is 2.33. The van der Waals surface area contributed by atoms with Crippen LogP contribution in [0.5, 0.6) is 0 Å². The normalized spacial score (nSPS) is 13.6. The zero-order valence-electron chi connectivity index (χ0n) is 13.5. The van der Waals surface area contributed by atoms with Gasteiger partial charge in [0.15, 0.2) is 0 Å². The summed E-state index contributed by atoms with van der Waals surface area (Å²) in [6.45, 7) is 9.76. The summed E-state index contributed by atoms with van der Waals surface area (Å²) in [5.41, 5.74) is 0.0535. The molecule has 1 rings (SSSR count). The minimum absolute atomic E-state index is 0.267. The van der Waals surface area contributed by atoms with E-state index in [0.717, 1.165) is 5.56 Å². The third-order valence-corrected chi connectivity index (χ3v) is 3.03. The van der Waals surface area contributed by atoms with E-state index in [1.807, 2.05) is 65.0 Å². The van der Waals surface area contributed by atoms with Crippen LogP contribution < -0.4 is 11.2 Å². The Morgan fingerprint density at radius 3 is 2.24 bits per heavy atom. The fourth-order valence-electron chi connectivity index (χ4n) is 2.10. The number of ether oxygens (including phenoxy) is 1. The average molecular weight is 294 g/mol. The second-order valence-corrected chi connectivity index (χ2v) is 6.79. The Morgan fingerprint density at radius 1 is 1.19 bits per heavy atom. The van der Waals surface area contributed by atoms with Crippen molar-refractivity contribution in [2.45, 2.75) is 46.3 Å². The summed E-state index contributed by atoms with van der Waals surface area (Å²) in [7, 11) is 0. The van der Waals surface area contributed by atoms with Crippen LogP contribution in [0.4, 0.5) is 4.79 Å². The fourth-order valence-corrected chi connectivity index (χ4v) is 2.10. The maximum absolute atomic E-state index is 12.1. The third kappa shape index (κ3) is 5.73. The van der Waals surface area contributed by atoms with Crippen LogP contribution in [-0.2, 0) is 9.57 Å². The average Bonchev–Trinajstić information content (AvgIpc) is 2.34. The molecule has 1 amide bonds. The number of carbonyl (C=O) groups is 1. The monoisotopic (exact) mass is 294 g/mol. The van der Waals surface area contributed by atoms with Crippen LogP contribution in [0.2, 0.25) is 0 Å². The van der Waals surface area contributed by atoms with E-state index >= 15 is 0 Å². The summed E-state index contributed by atoms with van der Waals surface area (Å²) in [6.07, 6.45) is -0.457. The van der Waals surface area contributed by atoms with Crippen molar-refractivity contribution in [2.24, 2.45) is 11.3 Å². The molecule has 1 atom stereocenters. The van der Waals surface area contributed by atoms with Crippen molar-refractivity contribution < 1.29 is 14.4 Å². The summed E-state index contributed by atoms with van der Waals surface area (Å²) in [5, 5.41) is 2.92. The van der Waals surface area contributed by atoms with Gasteiger partial charge in [0, 0.05) is 5.41 Å². The Kier molecular flexibility index (Phi) is 5.75. The molecule has 0 aliphatic carbocycles. The number of rotatable bonds is 5. The SMILES string of the molecule is CC(C)(C)OC(=O)NC(c1ccccc1)C(C)(C)CON. The van der Waals surface area contributed by atoms with Crippen molar-refractivity contribution >= 4 is 6.09 Å². The van der Waals surface area contributed by atoms with Crippen molar-refractivity contribution in [3.8, 4) is 0 Å². The second kappa shape index (κ2) is 6.91. The molecule has 21 heavy (non-hydrogen) atoms. The van der Waals surface area contributed by atoms with Crippen LogP contribution in [0.15, 0.2) is 30.3 Å². The molecule has 0 aliphatic rings. The van der Waals surface area contributed by atoms with E-state index in [1.165, 1.54) is 0 Å². The van der Waals surface area contributed by atoms with Gasteiger partial charge in [0.25, 0.3) is 0 Å². The van der Waals surface area contributed by atoms with Gasteiger partial charge in [0.05, 0.1) is 12.6 Å². The molecule has 0 aromatic heterocycles. The Morgan fingerprint density at radius 2 is 1.76 bits per heavy atom. The van der Waals surface area contributed by atoms with Crippen LogP contribution in [0, 0.1) is 5.41 Å². The Bertz CT molecular complexity index is 452. The summed E-state index contributed by atoms with van der Waals surface area (Å²) in [5.74, 6) is 5.22. The predicted molar refractivity (Wildman–Crippen MR) is 82.5 cm³/mol. The molecule has 5 heteroatoms. The largest absolute Gasteiger partial charge is 0.444 e. The van der Waals surface area contributed by atoms with Gasteiger partial charge in [0.1, 0.15) is 5.60 Å². The smallest absolute Gasteiger partial charge is 0.408 e. The fraction of sp³-hybridized carbons (Fsp3) is 0.562. The Hall–Kier alpha value is -1.59. The molecule has 0 radical (unpaired) electrons. The van der Waals surface area contributed by atoms with Crippen LogP contribution in [0.25, 0.3) is 0 Å². The van der Waals surface area contributed by atoms with Crippen LogP contribution in [-0.4, -0.2) is 18.3 Å². The first-order valence-electron chi connectivity index (χ1n) is 7.02. The highest BCUT2D eigenvalue weighted by Gasteiger charge is 2.33. The maximum Gasteiger partial charge on any atom is 0.408 e. The zero-order chi connectivity index (χ0) is 16.1. The number of nitrogens with two attached hydrogens (primary N) is 1. The van der Waals surface area contributed by atoms with E-state index in [-0.39, 0.29) is 11.5 Å². The van der Waals surface area contributed by atoms with Crippen LogP contribution in [0.3, 0.4) is 0 Å². The van der Waals surface area contributed by atoms with Crippen molar-refractivity contribution in [3.63, 3.8) is 0 Å². The van der Waals surface area contributed by atoms with E-state index in [4.69, 9.17) is 15.5 Å². The van der Waals surface area contributed by atoms with Gasteiger partial charge in [-0.1, -0.05) is 44.2 Å². The molecule has 0 bridgehead atoms. The minimum atomic E-state index is -0.542. The molecule has 0 fully saturated rings. The Balaban J connectivity index is 2.96. The van der Waals surface area contributed by atoms with E-state index in [9.17, 15) is 4.79 Å². The van der Waals surface area contributed by atoms with E-state index in [0.29, 0.717) is 6.61 Å². The molecule has 5 nitrogen and oxygen atoms in total. The van der Waals surface area contributed by atoms with Gasteiger partial charge >= 0.3 is 6.09 Å². The van der Waals surface area contributed by atoms with E-state index in [2.05, 4.69) is 5.32 Å². The summed E-state index contributed by atoms with van der Waals surface area (Å²) in [6, 6.07) is 9.44. The number of carbonyl (C=O) groups excluding carboxylic acids is 1. The lowest BCUT2D eigenvalue weighted by Crippen LogP contribution is -2.43. The quantitative estimate of drug-likeness (QED) is 0.818. The lowest BCUT2D eigenvalue weighted by atomic mass is 9.81. The topological polar surface area (TPSA) is 73.6 Å². The van der Waals surface area contributed by atoms with Crippen LogP contribution >= 0.6 is 0 Å². The van der Waals surface area contributed by atoms with Crippen LogP contribution in [0.1, 0.15) is 46.2 Å². The molecule has 0 spiro atoms. The van der Waals surface area contributed by atoms with Gasteiger partial charge in [-0.25, -0.2) is 10.7 Å². The third-order valence-electron chi connectivity index (χ3n) is 3.03. The molecular weight excluding hydrogens is 268 g/mol. The van der Waals surface area contributed by atoms with Gasteiger partial charge in [-0.3, -0.25) is 0 Å². The molecule has 3 N–H and O–H groups in total. The highest BCUT2D eigenvalue weighted by molar-refractivity contribution is 5.68. The lowest BCUT2D eigenvalue weighted by Gasteiger charge is -2.35. The molecule has 0 aliphatic heterocycles. The maximum atomic E-state index is 12.1. The first-order valence-corrected chi connectivity index (χ1v) is 7.02. The van der Waals surface area contributed by atoms with Crippen molar-refractivity contribution in [3.05, 3.63) is 35.9 Å². The lowest BCUT2D eigenvalue weighted by molar-refractivity contribution is 0.0235. The molecule has 118 valence electrons. The van der Waals surface area contributed by atoms with Crippen molar-refractivity contribution in [1.82, 2.24) is 5.32 Å². The summed E-state index contributed by atoms with van der Waals surface area (Å²) in [4.78, 5) is 16.9. The molecule has 0 heterocycles. The zero-order valence-corrected chi connectivity index (χ0v) is 13.5. The number of alkyl carbamates (subject to hydrolysis) is 1. The molecule has 1 unspecified atom stereocenters. The Labute approximate surface area is 126 Å². The summed E-state index contributed by atoms with van der Waals surface area (Å²) >= 11 is 0. The number of hydrogen-bond donors (Lipinski definition) is 2. The number of benzene rings is 1. The molecule has 1 aromatic rings. The minimum Gasteiger partial charge on any atom is -0.444 e. The van der Waals surface area contributed by atoms with Gasteiger partial charge in [-0.05, 0) is 26.3 Å². The second-order valence-electron chi connectivity index (χ2n) is 6.79. The molecule has 1 aromatic carbocycles. The summed E-state index contributed by atoms with van der Waals surface area (Å²) < 4.78 is 5.34. The van der Waals surface area contributed by atoms with Crippen molar-refractivity contribution in [1.29, 1.82) is 0 Å². The standard InChI is InChI=1S/C16H26N2O3/c1-15(2,3)21-14(19)18-13(16(4,5)11-20-17)12-9-7-6-8-10-12/h6-10,13H,11,17H2,1-5H3,(H,18,19). The predicted octanol–water partition coefficient (Wildman–Crippen LogP) is 3.17. The highest BCUT2D eigenvalue weighted by atomic mass is 16.6. The molecular formula is C16H26N2O3. The number of amides is 1. The molecule has 0 saturated heterocycles. The van der Waals surface area contributed by atoms with E-state index in [1.54, 1.807) is 0 Å². The van der Waals surface area contributed by atoms with Gasteiger partial charge < -0.3 is 14.9 Å². The number of hydrogen-bond acceptors (Lipinski definition) is 4. The number of nitrogens with one attached hydrogen (secondary N) is 1. The van der Waals surface area contributed by atoms with E-state index < -0.39 is 11.7 Å².